The Hall–Kier alpha value is -4.56. The van der Waals surface area contributed by atoms with Gasteiger partial charge in [-0.1, -0.05) is 36.4 Å². The van der Waals surface area contributed by atoms with Gasteiger partial charge in [-0.2, -0.15) is 0 Å². The van der Waals surface area contributed by atoms with Gasteiger partial charge in [0.25, 0.3) is 11.1 Å². The van der Waals surface area contributed by atoms with E-state index < -0.39 is 22.6 Å². The van der Waals surface area contributed by atoms with Crippen LogP contribution in [0.2, 0.25) is 0 Å². The lowest BCUT2D eigenvalue weighted by Gasteiger charge is -2.21. The lowest BCUT2D eigenvalue weighted by atomic mass is 10.1. The fourth-order valence-corrected chi connectivity index (χ4v) is 5.87. The third-order valence-corrected chi connectivity index (χ3v) is 8.33. The van der Waals surface area contributed by atoms with E-state index in [9.17, 15) is 19.2 Å². The maximum Gasteiger partial charge on any atom is 0.336 e. The molecule has 0 unspecified atom stereocenters. The van der Waals surface area contributed by atoms with Crippen LogP contribution in [0.3, 0.4) is 0 Å². The number of nitrogens with one attached hydrogen (secondary N) is 3. The van der Waals surface area contributed by atoms with E-state index in [1.165, 1.54) is 35.2 Å². The van der Waals surface area contributed by atoms with Crippen LogP contribution in [0.15, 0.2) is 87.2 Å². The van der Waals surface area contributed by atoms with E-state index >= 15 is 4.39 Å². The molecule has 0 radical (unpaired) electrons. The van der Waals surface area contributed by atoms with Crippen LogP contribution in [0, 0.1) is 16.3 Å². The van der Waals surface area contributed by atoms with Crippen molar-refractivity contribution in [3.8, 4) is 5.69 Å². The molecular weight excluding hydrogens is 702 g/mol. The molecule has 0 saturated heterocycles. The van der Waals surface area contributed by atoms with Crippen LogP contribution < -0.4 is 32.8 Å². The van der Waals surface area contributed by atoms with Crippen molar-refractivity contribution in [2.45, 2.75) is 39.8 Å². The summed E-state index contributed by atoms with van der Waals surface area (Å²) < 4.78 is 19.4. The predicted octanol–water partition coefficient (Wildman–Crippen LogP) is 5.18. The number of anilines is 3. The molecule has 1 amide bonds. The van der Waals surface area contributed by atoms with E-state index in [0.717, 1.165) is 10.1 Å². The van der Waals surface area contributed by atoms with Crippen molar-refractivity contribution in [1.82, 2.24) is 19.0 Å². The molecule has 12 heteroatoms. The summed E-state index contributed by atoms with van der Waals surface area (Å²) in [5.74, 6) is -0.801. The van der Waals surface area contributed by atoms with E-state index in [0.29, 0.717) is 40.9 Å². The summed E-state index contributed by atoms with van der Waals surface area (Å²) in [5.41, 5.74) is 0.597. The molecule has 0 aliphatic heterocycles. The summed E-state index contributed by atoms with van der Waals surface area (Å²) in [4.78, 5) is 53.8. The number of nitrogens with zero attached hydrogens (tertiary/aromatic N) is 3. The first-order valence-electron chi connectivity index (χ1n) is 14.8. The number of carbonyl (C=O) groups excluding carboxylic acids is 1. The molecule has 0 aliphatic carbocycles. The maximum absolute atomic E-state index is 15.0. The lowest BCUT2D eigenvalue weighted by Crippen LogP contribution is -2.41. The zero-order chi connectivity index (χ0) is 33.0. The number of unbranched alkanes of at least 4 members (excludes halogenated alkanes) is 1. The first kappa shape index (κ1) is 32.8. The summed E-state index contributed by atoms with van der Waals surface area (Å²) in [5, 5.41) is 9.13. The first-order valence-corrected chi connectivity index (χ1v) is 15.9. The van der Waals surface area contributed by atoms with Gasteiger partial charge in [-0.25, -0.2) is 9.18 Å². The Kier molecular flexibility index (Phi) is 10.2. The Morgan fingerprint density at radius 2 is 1.70 bits per heavy atom. The number of fused-ring (bicyclic) bond motifs is 1. The fraction of sp³-hybridized carbons (Fsp3) is 0.235. The van der Waals surface area contributed by atoms with Crippen molar-refractivity contribution in [2.75, 3.05) is 17.2 Å². The molecule has 46 heavy (non-hydrogen) atoms. The van der Waals surface area contributed by atoms with Crippen molar-refractivity contribution < 1.29 is 9.18 Å². The number of benzene rings is 3. The topological polar surface area (TPSA) is 119 Å². The fourth-order valence-electron chi connectivity index (χ4n) is 5.42. The van der Waals surface area contributed by atoms with Gasteiger partial charge in [0.15, 0.2) is 0 Å². The smallest absolute Gasteiger partial charge is 0.336 e. The van der Waals surface area contributed by atoms with Gasteiger partial charge in [0.1, 0.15) is 17.0 Å². The highest BCUT2D eigenvalue weighted by molar-refractivity contribution is 14.1. The van der Waals surface area contributed by atoms with Gasteiger partial charge >= 0.3 is 5.69 Å². The highest BCUT2D eigenvalue weighted by atomic mass is 127. The number of halogens is 2. The average molecular weight is 737 g/mol. The number of rotatable bonds is 11. The second-order valence-electron chi connectivity index (χ2n) is 11.0. The average Bonchev–Trinajstić information content (AvgIpc) is 3.02. The normalized spacial score (nSPS) is 11.2. The third kappa shape index (κ3) is 6.97. The Balaban J connectivity index is 1.64. The van der Waals surface area contributed by atoms with Gasteiger partial charge < -0.3 is 16.0 Å². The van der Waals surface area contributed by atoms with E-state index in [1.807, 2.05) is 52.9 Å². The number of amides is 1. The van der Waals surface area contributed by atoms with Crippen LogP contribution in [-0.2, 0) is 24.9 Å². The molecule has 0 atom stereocenters. The molecular formula is C34H34FIN6O4. The van der Waals surface area contributed by atoms with Crippen LogP contribution >= 0.6 is 22.6 Å². The molecule has 0 aliphatic rings. The van der Waals surface area contributed by atoms with Gasteiger partial charge in [0.05, 0.1) is 16.9 Å². The third-order valence-electron chi connectivity index (χ3n) is 7.66. The van der Waals surface area contributed by atoms with Gasteiger partial charge in [0.2, 0.25) is 5.91 Å². The maximum atomic E-state index is 15.0. The zero-order valence-electron chi connectivity index (χ0n) is 25.7. The van der Waals surface area contributed by atoms with Gasteiger partial charge in [-0.15, -0.1) is 0 Å². The summed E-state index contributed by atoms with van der Waals surface area (Å²) in [7, 11) is 1.50. The summed E-state index contributed by atoms with van der Waals surface area (Å²) >= 11 is 2.00. The Bertz CT molecular complexity index is 2110. The monoisotopic (exact) mass is 736 g/mol. The molecule has 5 aromatic rings. The summed E-state index contributed by atoms with van der Waals surface area (Å²) in [6, 6.07) is 21.2. The van der Waals surface area contributed by atoms with Crippen molar-refractivity contribution >= 4 is 56.6 Å². The van der Waals surface area contributed by atoms with Crippen molar-refractivity contribution in [2.24, 2.45) is 7.05 Å². The Morgan fingerprint density at radius 1 is 0.935 bits per heavy atom. The molecule has 3 aromatic carbocycles. The van der Waals surface area contributed by atoms with E-state index in [2.05, 4.69) is 16.0 Å². The minimum Gasteiger partial charge on any atom is -0.338 e. The van der Waals surface area contributed by atoms with Crippen LogP contribution in [-0.4, -0.2) is 26.2 Å². The van der Waals surface area contributed by atoms with Crippen LogP contribution in [0.25, 0.3) is 16.6 Å². The molecule has 0 bridgehead atoms. The zero-order valence-corrected chi connectivity index (χ0v) is 27.9. The second kappa shape index (κ2) is 14.3. The second-order valence-corrected chi connectivity index (χ2v) is 12.2. The van der Waals surface area contributed by atoms with E-state index in [-0.39, 0.29) is 40.4 Å². The Morgan fingerprint density at radius 3 is 2.41 bits per heavy atom. The lowest BCUT2D eigenvalue weighted by molar-refractivity contribution is -0.114. The van der Waals surface area contributed by atoms with Gasteiger partial charge in [-0.3, -0.25) is 28.1 Å². The largest absolute Gasteiger partial charge is 0.338 e. The molecule has 0 fully saturated rings. The van der Waals surface area contributed by atoms with E-state index in [4.69, 9.17) is 0 Å². The number of carbonyl (C=O) groups is 1. The molecule has 3 N–H and O–H groups in total. The number of pyridine rings is 1. The number of hydrogen-bond donors (Lipinski definition) is 3. The summed E-state index contributed by atoms with van der Waals surface area (Å²) in [6.07, 6.45) is 1.22. The highest BCUT2D eigenvalue weighted by Gasteiger charge is 2.24. The molecule has 2 heterocycles. The molecule has 0 saturated carbocycles. The van der Waals surface area contributed by atoms with Crippen LogP contribution in [0.1, 0.15) is 30.9 Å². The minimum absolute atomic E-state index is 0.0563. The van der Waals surface area contributed by atoms with Crippen LogP contribution in [0.4, 0.5) is 21.6 Å². The van der Waals surface area contributed by atoms with Crippen molar-refractivity contribution in [3.63, 3.8) is 0 Å². The SMILES string of the molecule is CC(=O)Nc1cccc(-n2c(=O)n(CCCCNCc3ccccc3)c(=O)c3c(Nc4ccc(I)cc4F)n(C)c(=O)c(C)c32)c1. The van der Waals surface area contributed by atoms with Crippen molar-refractivity contribution in [3.05, 3.63) is 125 Å². The summed E-state index contributed by atoms with van der Waals surface area (Å²) in [6.45, 7) is 4.42. The van der Waals surface area contributed by atoms with Gasteiger partial charge in [0, 0.05) is 41.9 Å². The molecule has 0 spiro atoms. The number of hydrogen-bond acceptors (Lipinski definition) is 6. The highest BCUT2D eigenvalue weighted by Crippen LogP contribution is 2.28. The standard InChI is InChI=1S/C34H34FIN6O4/c1-21-30-29(31(40(3)32(21)44)39-28-15-14-24(36)18-27(28)35)33(45)41(17-8-7-16-37-20-23-10-5-4-6-11-23)34(46)42(30)26-13-9-12-25(19-26)38-22(2)43/h4-6,9-15,18-19,37,39H,7-8,16-17,20H2,1-3H3,(H,38,43). The predicted molar refractivity (Wildman–Crippen MR) is 188 cm³/mol. The molecule has 5 rings (SSSR count). The number of aromatic nitrogens is 3. The first-order chi connectivity index (χ1) is 22.1. The molecule has 2 aromatic heterocycles. The molecule has 238 valence electrons. The minimum atomic E-state index is -0.627. The van der Waals surface area contributed by atoms with Gasteiger partial charge in [-0.05, 0) is 90.9 Å². The quantitative estimate of drug-likeness (QED) is 0.127. The van der Waals surface area contributed by atoms with E-state index in [1.54, 1.807) is 37.3 Å². The van der Waals surface area contributed by atoms with Crippen molar-refractivity contribution in [1.29, 1.82) is 0 Å². The van der Waals surface area contributed by atoms with Crippen LogP contribution in [0.5, 0.6) is 0 Å². The number of aryl methyl sites for hydroxylation is 1. The molecule has 10 nitrogen and oxygen atoms in total. The Labute approximate surface area is 278 Å².